The molecule has 1 aromatic carbocycles. The number of carboxylic acids is 1. The van der Waals surface area contributed by atoms with Gasteiger partial charge in [0, 0.05) is 24.5 Å². The fraction of sp³-hybridized carbons (Fsp3) is 0.500. The fourth-order valence-electron chi connectivity index (χ4n) is 2.47. The van der Waals surface area contributed by atoms with Gasteiger partial charge in [0.05, 0.1) is 12.0 Å². The molecule has 1 heterocycles. The van der Waals surface area contributed by atoms with Gasteiger partial charge in [-0.25, -0.2) is 4.79 Å². The van der Waals surface area contributed by atoms with E-state index in [-0.39, 0.29) is 22.6 Å². The van der Waals surface area contributed by atoms with Crippen LogP contribution in [0.2, 0.25) is 0 Å². The van der Waals surface area contributed by atoms with Crippen molar-refractivity contribution in [1.29, 1.82) is 0 Å². The number of rotatable bonds is 6. The van der Waals surface area contributed by atoms with Crippen LogP contribution in [0.15, 0.2) is 24.3 Å². The van der Waals surface area contributed by atoms with E-state index in [1.165, 1.54) is 12.1 Å². The van der Waals surface area contributed by atoms with Crippen LogP contribution < -0.4 is 5.32 Å². The third-order valence-electron chi connectivity index (χ3n) is 4.01. The molecule has 0 spiro atoms. The van der Waals surface area contributed by atoms with Crippen LogP contribution in [-0.2, 0) is 16.0 Å². The molecule has 1 aliphatic rings. The SMILES string of the molecule is CSC1(CNC(=O)Cc2ccc(C(=O)O)cc2)CCOCC1. The predicted octanol–water partition coefficient (Wildman–Crippen LogP) is 1.96. The predicted molar refractivity (Wildman–Crippen MR) is 86.4 cm³/mol. The molecule has 6 heteroatoms. The minimum Gasteiger partial charge on any atom is -0.478 e. The average Bonchev–Trinajstić information content (AvgIpc) is 2.54. The number of hydrogen-bond acceptors (Lipinski definition) is 4. The Bertz CT molecular complexity index is 523. The van der Waals surface area contributed by atoms with Gasteiger partial charge in [-0.1, -0.05) is 12.1 Å². The lowest BCUT2D eigenvalue weighted by Gasteiger charge is -2.35. The first-order chi connectivity index (χ1) is 10.5. The summed E-state index contributed by atoms with van der Waals surface area (Å²) in [5, 5.41) is 11.8. The lowest BCUT2D eigenvalue weighted by Crippen LogP contribution is -2.44. The molecule has 0 aromatic heterocycles. The summed E-state index contributed by atoms with van der Waals surface area (Å²) in [5.74, 6) is -1.000. The zero-order valence-electron chi connectivity index (χ0n) is 12.6. The number of amides is 1. The van der Waals surface area contributed by atoms with Crippen molar-refractivity contribution in [2.45, 2.75) is 24.0 Å². The molecule has 1 saturated heterocycles. The van der Waals surface area contributed by atoms with Gasteiger partial charge in [0.25, 0.3) is 0 Å². The van der Waals surface area contributed by atoms with Crippen LogP contribution in [0.3, 0.4) is 0 Å². The maximum Gasteiger partial charge on any atom is 0.335 e. The zero-order valence-corrected chi connectivity index (χ0v) is 13.4. The standard InChI is InChI=1S/C16H21NO4S/c1-22-16(6-8-21-9-7-16)11-17-14(18)10-12-2-4-13(5-3-12)15(19)20/h2-5H,6-11H2,1H3,(H,17,18)(H,19,20). The summed E-state index contributed by atoms with van der Waals surface area (Å²) >= 11 is 1.79. The molecular weight excluding hydrogens is 302 g/mol. The number of aromatic carboxylic acids is 1. The minimum absolute atomic E-state index is 0.0389. The maximum absolute atomic E-state index is 12.1. The number of benzene rings is 1. The van der Waals surface area contributed by atoms with E-state index >= 15 is 0 Å². The van der Waals surface area contributed by atoms with Crippen molar-refractivity contribution in [2.75, 3.05) is 26.0 Å². The molecule has 0 bridgehead atoms. The summed E-state index contributed by atoms with van der Waals surface area (Å²) in [5.41, 5.74) is 1.04. The minimum atomic E-state index is -0.961. The summed E-state index contributed by atoms with van der Waals surface area (Å²) in [7, 11) is 0. The number of nitrogens with one attached hydrogen (secondary N) is 1. The van der Waals surface area contributed by atoms with Crippen molar-refractivity contribution in [2.24, 2.45) is 0 Å². The maximum atomic E-state index is 12.1. The second-order valence-corrected chi connectivity index (χ2v) is 6.73. The molecule has 0 unspecified atom stereocenters. The molecule has 2 N–H and O–H groups in total. The topological polar surface area (TPSA) is 75.6 Å². The van der Waals surface area contributed by atoms with Gasteiger partial charge < -0.3 is 15.2 Å². The third kappa shape index (κ3) is 4.48. The molecule has 0 saturated carbocycles. The highest BCUT2D eigenvalue weighted by Gasteiger charge is 2.31. The molecule has 0 atom stereocenters. The average molecular weight is 323 g/mol. The Kier molecular flexibility index (Phi) is 5.85. The summed E-state index contributed by atoms with van der Waals surface area (Å²) in [6, 6.07) is 6.41. The fourth-order valence-corrected chi connectivity index (χ4v) is 3.26. The molecule has 2 rings (SSSR count). The van der Waals surface area contributed by atoms with Crippen molar-refractivity contribution in [3.8, 4) is 0 Å². The number of ether oxygens (including phenoxy) is 1. The van der Waals surface area contributed by atoms with Gasteiger partial charge in [-0.05, 0) is 36.8 Å². The number of carbonyl (C=O) groups is 2. The quantitative estimate of drug-likeness (QED) is 0.837. The third-order valence-corrected chi connectivity index (χ3v) is 5.43. The van der Waals surface area contributed by atoms with Gasteiger partial charge in [-0.15, -0.1) is 0 Å². The molecule has 5 nitrogen and oxygen atoms in total. The molecule has 1 fully saturated rings. The van der Waals surface area contributed by atoms with Gasteiger partial charge in [-0.3, -0.25) is 4.79 Å². The number of thioether (sulfide) groups is 1. The van der Waals surface area contributed by atoms with Crippen molar-refractivity contribution in [1.82, 2.24) is 5.32 Å². The van der Waals surface area contributed by atoms with E-state index in [1.54, 1.807) is 23.9 Å². The van der Waals surface area contributed by atoms with Crippen molar-refractivity contribution in [3.05, 3.63) is 35.4 Å². The van der Waals surface area contributed by atoms with Crippen LogP contribution in [0.25, 0.3) is 0 Å². The normalized spacial score (nSPS) is 17.0. The van der Waals surface area contributed by atoms with Crippen LogP contribution >= 0.6 is 11.8 Å². The van der Waals surface area contributed by atoms with E-state index in [0.717, 1.165) is 31.6 Å². The molecule has 1 aromatic rings. The van der Waals surface area contributed by atoms with Crippen molar-refractivity contribution >= 4 is 23.6 Å². The van der Waals surface area contributed by atoms with E-state index in [0.29, 0.717) is 6.54 Å². The highest BCUT2D eigenvalue weighted by atomic mass is 32.2. The Labute approximate surface area is 134 Å². The monoisotopic (exact) mass is 323 g/mol. The van der Waals surface area contributed by atoms with E-state index < -0.39 is 5.97 Å². The molecular formula is C16H21NO4S. The molecule has 1 amide bonds. The van der Waals surface area contributed by atoms with Gasteiger partial charge >= 0.3 is 5.97 Å². The summed E-state index contributed by atoms with van der Waals surface area (Å²) < 4.78 is 5.46. The van der Waals surface area contributed by atoms with Crippen LogP contribution in [0.1, 0.15) is 28.8 Å². The van der Waals surface area contributed by atoms with Gasteiger partial charge in [0.1, 0.15) is 0 Å². The Hall–Kier alpha value is -1.53. The Balaban J connectivity index is 1.85. The largest absolute Gasteiger partial charge is 0.478 e. The summed E-state index contributed by atoms with van der Waals surface area (Å²) in [4.78, 5) is 22.9. The van der Waals surface area contributed by atoms with E-state index in [2.05, 4.69) is 11.6 Å². The van der Waals surface area contributed by atoms with E-state index in [1.807, 2.05) is 0 Å². The van der Waals surface area contributed by atoms with Gasteiger partial charge in [0.15, 0.2) is 0 Å². The molecule has 120 valence electrons. The van der Waals surface area contributed by atoms with Gasteiger partial charge in [-0.2, -0.15) is 11.8 Å². The first-order valence-corrected chi connectivity index (χ1v) is 8.49. The van der Waals surface area contributed by atoms with Crippen LogP contribution in [0.4, 0.5) is 0 Å². The van der Waals surface area contributed by atoms with Crippen LogP contribution in [0.5, 0.6) is 0 Å². The van der Waals surface area contributed by atoms with E-state index in [4.69, 9.17) is 9.84 Å². The second-order valence-electron chi connectivity index (χ2n) is 5.46. The Morgan fingerprint density at radius 2 is 1.91 bits per heavy atom. The Morgan fingerprint density at radius 1 is 1.27 bits per heavy atom. The van der Waals surface area contributed by atoms with Gasteiger partial charge in [0.2, 0.25) is 5.91 Å². The van der Waals surface area contributed by atoms with Crippen molar-refractivity contribution < 1.29 is 19.4 Å². The Morgan fingerprint density at radius 3 is 2.45 bits per heavy atom. The van der Waals surface area contributed by atoms with Crippen molar-refractivity contribution in [3.63, 3.8) is 0 Å². The molecule has 0 aliphatic carbocycles. The van der Waals surface area contributed by atoms with Crippen LogP contribution in [-0.4, -0.2) is 47.7 Å². The molecule has 0 radical (unpaired) electrons. The molecule has 1 aliphatic heterocycles. The highest BCUT2D eigenvalue weighted by molar-refractivity contribution is 8.00. The highest BCUT2D eigenvalue weighted by Crippen LogP contribution is 2.32. The second kappa shape index (κ2) is 7.65. The number of carbonyl (C=O) groups excluding carboxylic acids is 1. The smallest absolute Gasteiger partial charge is 0.335 e. The summed E-state index contributed by atoms with van der Waals surface area (Å²) in [6.45, 7) is 2.13. The number of carboxylic acid groups (broad SMARTS) is 1. The zero-order chi connectivity index (χ0) is 16.0. The lowest BCUT2D eigenvalue weighted by molar-refractivity contribution is -0.120. The van der Waals surface area contributed by atoms with Crippen LogP contribution in [0, 0.1) is 0 Å². The first kappa shape index (κ1) is 16.8. The molecule has 22 heavy (non-hydrogen) atoms. The van der Waals surface area contributed by atoms with E-state index in [9.17, 15) is 9.59 Å². The lowest BCUT2D eigenvalue weighted by atomic mass is 9.99. The summed E-state index contributed by atoms with van der Waals surface area (Å²) in [6.07, 6.45) is 4.23. The number of hydrogen-bond donors (Lipinski definition) is 2. The first-order valence-electron chi connectivity index (χ1n) is 7.26.